The van der Waals surface area contributed by atoms with E-state index in [-0.39, 0.29) is 0 Å². The van der Waals surface area contributed by atoms with Crippen molar-refractivity contribution in [1.29, 1.82) is 0 Å². The summed E-state index contributed by atoms with van der Waals surface area (Å²) in [6, 6.07) is 10.0. The van der Waals surface area contributed by atoms with Crippen molar-refractivity contribution < 1.29 is 4.74 Å². The molecule has 2 heteroatoms. The smallest absolute Gasteiger partial charge is 0.0620 e. The Kier molecular flexibility index (Phi) is 5.21. The molecule has 2 nitrogen and oxygen atoms in total. The SMILES string of the molecule is CCCCc1ccc(C(C)NC2CCOC2)cc1. The molecule has 2 rings (SSSR count). The summed E-state index contributed by atoms with van der Waals surface area (Å²) in [5, 5.41) is 3.63. The lowest BCUT2D eigenvalue weighted by Gasteiger charge is -2.18. The molecule has 0 spiro atoms. The van der Waals surface area contributed by atoms with Gasteiger partial charge in [0.15, 0.2) is 0 Å². The highest BCUT2D eigenvalue weighted by Crippen LogP contribution is 2.17. The van der Waals surface area contributed by atoms with Crippen LogP contribution in [0.5, 0.6) is 0 Å². The molecule has 0 aliphatic carbocycles. The van der Waals surface area contributed by atoms with E-state index < -0.39 is 0 Å². The normalized spacial score (nSPS) is 21.1. The molecular weight excluding hydrogens is 222 g/mol. The number of hydrogen-bond donors (Lipinski definition) is 1. The van der Waals surface area contributed by atoms with Gasteiger partial charge in [0, 0.05) is 18.7 Å². The number of benzene rings is 1. The van der Waals surface area contributed by atoms with Crippen LogP contribution >= 0.6 is 0 Å². The Bertz CT molecular complexity index is 341. The van der Waals surface area contributed by atoms with E-state index >= 15 is 0 Å². The van der Waals surface area contributed by atoms with Crippen LogP contribution in [0.2, 0.25) is 0 Å². The van der Waals surface area contributed by atoms with Gasteiger partial charge in [-0.25, -0.2) is 0 Å². The van der Waals surface area contributed by atoms with E-state index in [2.05, 4.69) is 43.4 Å². The van der Waals surface area contributed by atoms with Crippen LogP contribution in [0.25, 0.3) is 0 Å². The van der Waals surface area contributed by atoms with Gasteiger partial charge in [0.05, 0.1) is 6.61 Å². The van der Waals surface area contributed by atoms with Gasteiger partial charge in [-0.15, -0.1) is 0 Å². The third kappa shape index (κ3) is 3.82. The highest BCUT2D eigenvalue weighted by atomic mass is 16.5. The molecule has 2 unspecified atom stereocenters. The van der Waals surface area contributed by atoms with Crippen LogP contribution in [0.1, 0.15) is 50.3 Å². The summed E-state index contributed by atoms with van der Waals surface area (Å²) in [5.74, 6) is 0. The molecule has 0 bridgehead atoms. The maximum atomic E-state index is 5.39. The zero-order chi connectivity index (χ0) is 12.8. The molecule has 1 saturated heterocycles. The Hall–Kier alpha value is -0.860. The molecule has 1 aliphatic rings. The maximum Gasteiger partial charge on any atom is 0.0620 e. The van der Waals surface area contributed by atoms with E-state index in [1.165, 1.54) is 30.4 Å². The number of unbranched alkanes of at least 4 members (excludes halogenated alkanes) is 1. The van der Waals surface area contributed by atoms with E-state index in [1.807, 2.05) is 0 Å². The molecule has 0 aromatic heterocycles. The van der Waals surface area contributed by atoms with Gasteiger partial charge in [0.2, 0.25) is 0 Å². The van der Waals surface area contributed by atoms with E-state index in [1.54, 1.807) is 0 Å². The Balaban J connectivity index is 1.87. The van der Waals surface area contributed by atoms with Crippen molar-refractivity contribution in [2.24, 2.45) is 0 Å². The quantitative estimate of drug-likeness (QED) is 0.831. The highest BCUT2D eigenvalue weighted by molar-refractivity contribution is 5.25. The molecular formula is C16H25NO. The van der Waals surface area contributed by atoms with Gasteiger partial charge < -0.3 is 10.1 Å². The molecule has 1 fully saturated rings. The maximum absolute atomic E-state index is 5.39. The fraction of sp³-hybridized carbons (Fsp3) is 0.625. The second-order valence-electron chi connectivity index (χ2n) is 5.29. The lowest BCUT2D eigenvalue weighted by molar-refractivity contribution is 0.188. The average molecular weight is 247 g/mol. The van der Waals surface area contributed by atoms with Crippen molar-refractivity contribution in [3.05, 3.63) is 35.4 Å². The number of aryl methyl sites for hydroxylation is 1. The fourth-order valence-corrected chi connectivity index (χ4v) is 2.47. The standard InChI is InChI=1S/C16H25NO/c1-3-4-5-14-6-8-15(9-7-14)13(2)17-16-10-11-18-12-16/h6-9,13,16-17H,3-5,10-12H2,1-2H3. The zero-order valence-corrected chi connectivity index (χ0v) is 11.6. The number of ether oxygens (including phenoxy) is 1. The monoisotopic (exact) mass is 247 g/mol. The Morgan fingerprint density at radius 3 is 2.72 bits per heavy atom. The Morgan fingerprint density at radius 1 is 1.33 bits per heavy atom. The van der Waals surface area contributed by atoms with Crippen molar-refractivity contribution in [1.82, 2.24) is 5.32 Å². The highest BCUT2D eigenvalue weighted by Gasteiger charge is 2.17. The van der Waals surface area contributed by atoms with Crippen LogP contribution in [0, 0.1) is 0 Å². The lowest BCUT2D eigenvalue weighted by Crippen LogP contribution is -2.31. The third-order valence-corrected chi connectivity index (χ3v) is 3.71. The van der Waals surface area contributed by atoms with Crippen molar-refractivity contribution in [3.8, 4) is 0 Å². The Morgan fingerprint density at radius 2 is 2.11 bits per heavy atom. The van der Waals surface area contributed by atoms with Crippen LogP contribution in [0.3, 0.4) is 0 Å². The van der Waals surface area contributed by atoms with Crippen LogP contribution in [0.15, 0.2) is 24.3 Å². The second-order valence-corrected chi connectivity index (χ2v) is 5.29. The molecule has 1 heterocycles. The molecule has 1 N–H and O–H groups in total. The summed E-state index contributed by atoms with van der Waals surface area (Å²) in [6.07, 6.45) is 4.89. The largest absolute Gasteiger partial charge is 0.380 e. The van der Waals surface area contributed by atoms with E-state index in [4.69, 9.17) is 4.74 Å². The number of rotatable bonds is 6. The molecule has 1 aliphatic heterocycles. The Labute approximate surface area is 111 Å². The van der Waals surface area contributed by atoms with Gasteiger partial charge >= 0.3 is 0 Å². The average Bonchev–Trinajstić information content (AvgIpc) is 2.89. The molecule has 1 aromatic rings. The molecule has 0 radical (unpaired) electrons. The predicted molar refractivity (Wildman–Crippen MR) is 75.8 cm³/mol. The summed E-state index contributed by atoms with van der Waals surface area (Å²) in [7, 11) is 0. The van der Waals surface area contributed by atoms with Gasteiger partial charge in [-0.3, -0.25) is 0 Å². The molecule has 0 amide bonds. The van der Waals surface area contributed by atoms with Crippen LogP contribution in [-0.4, -0.2) is 19.3 Å². The first kappa shape index (κ1) is 13.6. The summed E-state index contributed by atoms with van der Waals surface area (Å²) in [4.78, 5) is 0. The lowest BCUT2D eigenvalue weighted by atomic mass is 10.0. The van der Waals surface area contributed by atoms with E-state index in [0.29, 0.717) is 12.1 Å². The van der Waals surface area contributed by atoms with Crippen LogP contribution in [0.4, 0.5) is 0 Å². The van der Waals surface area contributed by atoms with Crippen molar-refractivity contribution in [3.63, 3.8) is 0 Å². The van der Waals surface area contributed by atoms with Gasteiger partial charge in [0.1, 0.15) is 0 Å². The van der Waals surface area contributed by atoms with Gasteiger partial charge in [-0.05, 0) is 37.3 Å². The molecule has 18 heavy (non-hydrogen) atoms. The first-order valence-electron chi connectivity index (χ1n) is 7.22. The molecule has 1 aromatic carbocycles. The van der Waals surface area contributed by atoms with Crippen LogP contribution in [-0.2, 0) is 11.2 Å². The zero-order valence-electron chi connectivity index (χ0n) is 11.6. The predicted octanol–water partition coefficient (Wildman–Crippen LogP) is 3.47. The fourth-order valence-electron chi connectivity index (χ4n) is 2.47. The molecule has 0 saturated carbocycles. The first-order valence-corrected chi connectivity index (χ1v) is 7.22. The van der Waals surface area contributed by atoms with Gasteiger partial charge in [-0.2, -0.15) is 0 Å². The summed E-state index contributed by atoms with van der Waals surface area (Å²) in [5.41, 5.74) is 2.83. The van der Waals surface area contributed by atoms with Crippen LogP contribution < -0.4 is 5.32 Å². The van der Waals surface area contributed by atoms with Crippen molar-refractivity contribution in [2.75, 3.05) is 13.2 Å². The second kappa shape index (κ2) is 6.91. The topological polar surface area (TPSA) is 21.3 Å². The summed E-state index contributed by atoms with van der Waals surface area (Å²) >= 11 is 0. The van der Waals surface area contributed by atoms with Gasteiger partial charge in [-0.1, -0.05) is 37.6 Å². The number of nitrogens with one attached hydrogen (secondary N) is 1. The molecule has 2 atom stereocenters. The molecule has 100 valence electrons. The third-order valence-electron chi connectivity index (χ3n) is 3.71. The first-order chi connectivity index (χ1) is 8.79. The van der Waals surface area contributed by atoms with Crippen molar-refractivity contribution in [2.45, 2.75) is 51.6 Å². The van der Waals surface area contributed by atoms with Gasteiger partial charge in [0.25, 0.3) is 0 Å². The van der Waals surface area contributed by atoms with E-state index in [0.717, 1.165) is 19.6 Å². The minimum Gasteiger partial charge on any atom is -0.380 e. The summed E-state index contributed by atoms with van der Waals surface area (Å²) < 4.78 is 5.39. The summed E-state index contributed by atoms with van der Waals surface area (Å²) in [6.45, 7) is 6.24. The van der Waals surface area contributed by atoms with E-state index in [9.17, 15) is 0 Å². The minimum atomic E-state index is 0.414. The minimum absolute atomic E-state index is 0.414. The van der Waals surface area contributed by atoms with Crippen molar-refractivity contribution >= 4 is 0 Å². The number of hydrogen-bond acceptors (Lipinski definition) is 2.